The van der Waals surface area contributed by atoms with Gasteiger partial charge in [-0.25, -0.2) is 0 Å². The summed E-state index contributed by atoms with van der Waals surface area (Å²) in [7, 11) is 0. The van der Waals surface area contributed by atoms with Crippen molar-refractivity contribution in [2.24, 2.45) is 0 Å². The Labute approximate surface area is 165 Å². The van der Waals surface area contributed by atoms with Crippen molar-refractivity contribution in [3.63, 3.8) is 0 Å². The lowest BCUT2D eigenvalue weighted by Gasteiger charge is -2.20. The molecule has 0 aromatic heterocycles. The first-order valence-corrected chi connectivity index (χ1v) is 10.5. The molecule has 0 radical (unpaired) electrons. The predicted molar refractivity (Wildman–Crippen MR) is 128 cm³/mol. The van der Waals surface area contributed by atoms with Crippen LogP contribution in [-0.4, -0.2) is 0 Å². The van der Waals surface area contributed by atoms with E-state index in [0.29, 0.717) is 0 Å². The summed E-state index contributed by atoms with van der Waals surface area (Å²) < 4.78 is 0. The van der Waals surface area contributed by atoms with Crippen molar-refractivity contribution in [3.8, 4) is 0 Å². The summed E-state index contributed by atoms with van der Waals surface area (Å²) in [6.45, 7) is 8.00. The van der Waals surface area contributed by atoms with Crippen molar-refractivity contribution in [3.05, 3.63) is 72.8 Å². The first-order chi connectivity index (χ1) is 13.9. The summed E-state index contributed by atoms with van der Waals surface area (Å²) in [6, 6.07) is 27.3. The molecule has 0 saturated heterocycles. The van der Waals surface area contributed by atoms with E-state index in [1.54, 1.807) is 0 Å². The van der Waals surface area contributed by atoms with Crippen molar-refractivity contribution in [1.82, 2.24) is 0 Å². The first-order valence-electron chi connectivity index (χ1n) is 10.5. The molecule has 0 aliphatic carbocycles. The summed E-state index contributed by atoms with van der Waals surface area (Å²) in [5, 5.41) is 16.7. The van der Waals surface area contributed by atoms with Gasteiger partial charge < -0.3 is 0 Å². The second-order valence-electron chi connectivity index (χ2n) is 6.98. The largest absolute Gasteiger partial charge is 0.0683 e. The van der Waals surface area contributed by atoms with Crippen molar-refractivity contribution in [2.75, 3.05) is 0 Å². The molecule has 0 unspecified atom stereocenters. The van der Waals surface area contributed by atoms with Crippen LogP contribution < -0.4 is 0 Å². The van der Waals surface area contributed by atoms with Gasteiger partial charge in [-0.05, 0) is 64.6 Å². The molecule has 0 N–H and O–H groups in total. The minimum atomic E-state index is 1.35. The van der Waals surface area contributed by atoms with Crippen molar-refractivity contribution in [1.29, 1.82) is 0 Å². The maximum Gasteiger partial charge on any atom is -0.00139 e. The van der Waals surface area contributed by atoms with Gasteiger partial charge in [-0.3, -0.25) is 0 Å². The van der Waals surface area contributed by atoms with E-state index in [1.165, 1.54) is 64.6 Å². The predicted octanol–water partition coefficient (Wildman–Crippen LogP) is 8.97. The molecule has 0 aliphatic heterocycles. The molecular weight excluding hydrogens is 336 g/mol. The van der Waals surface area contributed by atoms with Crippen LogP contribution in [-0.2, 0) is 0 Å². The van der Waals surface area contributed by atoms with Gasteiger partial charge in [0.25, 0.3) is 0 Å². The molecule has 0 heterocycles. The van der Waals surface area contributed by atoms with Gasteiger partial charge in [-0.15, -0.1) is 0 Å². The molecule has 0 atom stereocenters. The Morgan fingerprint density at radius 1 is 0.250 bits per heavy atom. The fourth-order valence-electron chi connectivity index (χ4n) is 4.89. The topological polar surface area (TPSA) is 0 Å². The minimum absolute atomic E-state index is 1.35. The number of rotatable bonds is 0. The van der Waals surface area contributed by atoms with E-state index in [9.17, 15) is 0 Å². The Hall–Kier alpha value is -3.12. The normalized spacial score (nSPS) is 11.6. The number of hydrogen-bond donors (Lipinski definition) is 0. The molecule has 0 fully saturated rings. The molecule has 0 spiro atoms. The van der Waals surface area contributed by atoms with Gasteiger partial charge >= 0.3 is 0 Å². The van der Waals surface area contributed by atoms with Gasteiger partial charge in [0.15, 0.2) is 0 Å². The monoisotopic (exact) mass is 360 g/mol. The zero-order valence-electron chi connectivity index (χ0n) is 16.9. The Balaban J connectivity index is 0.000000404. The average Bonchev–Trinajstić information content (AvgIpc) is 2.79. The van der Waals surface area contributed by atoms with E-state index in [4.69, 9.17) is 0 Å². The molecule has 0 saturated carbocycles. The zero-order chi connectivity index (χ0) is 19.4. The second-order valence-corrected chi connectivity index (χ2v) is 6.98. The highest BCUT2D eigenvalue weighted by Gasteiger charge is 2.19. The lowest BCUT2D eigenvalue weighted by Crippen LogP contribution is -1.91. The quantitative estimate of drug-likeness (QED) is 0.187. The van der Waals surface area contributed by atoms with Crippen molar-refractivity contribution < 1.29 is 0 Å². The molecule has 0 nitrogen and oxygen atoms in total. The summed E-state index contributed by atoms with van der Waals surface area (Å²) >= 11 is 0. The first kappa shape index (κ1) is 17.0. The second kappa shape index (κ2) is 6.21. The van der Waals surface area contributed by atoms with Crippen LogP contribution in [0.25, 0.3) is 64.6 Å². The molecule has 0 aliphatic rings. The lowest BCUT2D eigenvalue weighted by molar-refractivity contribution is 1.50. The van der Waals surface area contributed by atoms with Crippen LogP contribution in [0, 0.1) is 0 Å². The molecule has 136 valence electrons. The highest BCUT2D eigenvalue weighted by molar-refractivity contribution is 6.44. The third-order valence-corrected chi connectivity index (χ3v) is 5.89. The van der Waals surface area contributed by atoms with Gasteiger partial charge in [0.05, 0.1) is 0 Å². The SMILES string of the molecule is CC.CC.c1cc2ccc3ccc4ccc5ccc6ccc1c1c2c3c4c5c61. The minimum Gasteiger partial charge on any atom is -0.0683 e. The summed E-state index contributed by atoms with van der Waals surface area (Å²) in [4.78, 5) is 0. The Morgan fingerprint density at radius 3 is 0.464 bits per heavy atom. The lowest BCUT2D eigenvalue weighted by atomic mass is 9.83. The van der Waals surface area contributed by atoms with Crippen LogP contribution >= 0.6 is 0 Å². The molecule has 28 heavy (non-hydrogen) atoms. The van der Waals surface area contributed by atoms with Crippen LogP contribution in [0.2, 0.25) is 0 Å². The molecule has 0 heteroatoms. The van der Waals surface area contributed by atoms with Gasteiger partial charge in [0, 0.05) is 0 Å². The highest BCUT2D eigenvalue weighted by atomic mass is 14.2. The maximum absolute atomic E-state index is 2.27. The van der Waals surface area contributed by atoms with E-state index >= 15 is 0 Å². The number of benzene rings is 7. The Morgan fingerprint density at radius 2 is 0.357 bits per heavy atom. The Bertz CT molecular complexity index is 1140. The number of hydrogen-bond acceptors (Lipinski definition) is 0. The van der Waals surface area contributed by atoms with E-state index in [1.807, 2.05) is 27.7 Å². The van der Waals surface area contributed by atoms with Crippen molar-refractivity contribution in [2.45, 2.75) is 27.7 Å². The molecule has 0 bridgehead atoms. The van der Waals surface area contributed by atoms with Gasteiger partial charge in [0.1, 0.15) is 0 Å². The fourth-order valence-corrected chi connectivity index (χ4v) is 4.89. The highest BCUT2D eigenvalue weighted by Crippen LogP contribution is 2.47. The van der Waals surface area contributed by atoms with Crippen LogP contribution in [0.5, 0.6) is 0 Å². The van der Waals surface area contributed by atoms with E-state index in [-0.39, 0.29) is 0 Å². The van der Waals surface area contributed by atoms with Gasteiger partial charge in [0.2, 0.25) is 0 Å². The average molecular weight is 361 g/mol. The van der Waals surface area contributed by atoms with Gasteiger partial charge in [-0.1, -0.05) is 100 Å². The van der Waals surface area contributed by atoms with Crippen LogP contribution in [0.3, 0.4) is 0 Å². The maximum atomic E-state index is 2.27. The summed E-state index contributed by atoms with van der Waals surface area (Å²) in [5.74, 6) is 0. The molecular formula is C28H24. The molecule has 0 amide bonds. The van der Waals surface area contributed by atoms with Crippen molar-refractivity contribution >= 4 is 64.6 Å². The fraction of sp³-hybridized carbons (Fsp3) is 0.143. The van der Waals surface area contributed by atoms with Crippen LogP contribution in [0.1, 0.15) is 27.7 Å². The summed E-state index contributed by atoms with van der Waals surface area (Å²) in [5.41, 5.74) is 0. The van der Waals surface area contributed by atoms with Crippen LogP contribution in [0.4, 0.5) is 0 Å². The van der Waals surface area contributed by atoms with Crippen LogP contribution in [0.15, 0.2) is 72.8 Å². The third kappa shape index (κ3) is 1.95. The Kier molecular flexibility index (Phi) is 3.77. The van der Waals surface area contributed by atoms with E-state index < -0.39 is 0 Å². The smallest absolute Gasteiger partial charge is 0.00139 e. The molecule has 7 aromatic carbocycles. The summed E-state index contributed by atoms with van der Waals surface area (Å²) in [6.07, 6.45) is 0. The molecule has 7 rings (SSSR count). The third-order valence-electron chi connectivity index (χ3n) is 5.89. The standard InChI is InChI=1S/C24H12.2C2H6/c1-2-14-5-6-16-9-11-18-12-10-17-8-7-15-4-3-13(1)19-20(14)22(16)24(18)23(17)21(15)19;2*1-2/h1-12H;2*1-2H3. The van der Waals surface area contributed by atoms with Gasteiger partial charge in [-0.2, -0.15) is 0 Å². The van der Waals surface area contributed by atoms with E-state index in [2.05, 4.69) is 72.8 Å². The zero-order valence-corrected chi connectivity index (χ0v) is 16.9. The van der Waals surface area contributed by atoms with E-state index in [0.717, 1.165) is 0 Å². The molecule has 7 aromatic rings.